The highest BCUT2D eigenvalue weighted by atomic mass is 35.5. The maximum absolute atomic E-state index is 6.16. The van der Waals surface area contributed by atoms with Crippen LogP contribution in [0, 0.1) is 0 Å². The second-order valence-corrected chi connectivity index (χ2v) is 6.50. The van der Waals surface area contributed by atoms with Crippen molar-refractivity contribution in [1.82, 2.24) is 4.72 Å². The third-order valence-electron chi connectivity index (χ3n) is 3.91. The van der Waals surface area contributed by atoms with Crippen molar-refractivity contribution in [3.8, 4) is 0 Å². The van der Waals surface area contributed by atoms with Gasteiger partial charge in [-0.1, -0.05) is 37.3 Å². The zero-order valence-electron chi connectivity index (χ0n) is 10.5. The molecule has 0 saturated heterocycles. The lowest BCUT2D eigenvalue weighted by molar-refractivity contribution is 0.517. The van der Waals surface area contributed by atoms with Crippen molar-refractivity contribution < 1.29 is 0 Å². The molecule has 0 radical (unpaired) electrons. The van der Waals surface area contributed by atoms with Crippen molar-refractivity contribution >= 4 is 29.2 Å². The van der Waals surface area contributed by atoms with Gasteiger partial charge in [-0.05, 0) is 43.0 Å². The summed E-state index contributed by atoms with van der Waals surface area (Å²) in [6.45, 7) is 0.933. The maximum atomic E-state index is 6.16. The van der Waals surface area contributed by atoms with E-state index in [9.17, 15) is 0 Å². The van der Waals surface area contributed by atoms with Gasteiger partial charge in [-0.3, -0.25) is 0 Å². The second-order valence-electron chi connectivity index (χ2n) is 5.13. The first-order valence-corrected chi connectivity index (χ1v) is 8.00. The van der Waals surface area contributed by atoms with E-state index in [2.05, 4.69) is 21.8 Å². The van der Waals surface area contributed by atoms with E-state index < -0.39 is 0 Å². The van der Waals surface area contributed by atoms with E-state index in [1.165, 1.54) is 49.1 Å². The first-order valence-electron chi connectivity index (χ1n) is 6.80. The van der Waals surface area contributed by atoms with Gasteiger partial charge in [0.25, 0.3) is 0 Å². The van der Waals surface area contributed by atoms with Crippen LogP contribution in [-0.4, -0.2) is 12.7 Å². The van der Waals surface area contributed by atoms with E-state index in [-0.39, 0.29) is 0 Å². The average Bonchev–Trinajstić information content (AvgIpc) is 2.67. The number of hydrogen-bond acceptors (Lipinski definition) is 3. The highest BCUT2D eigenvalue weighted by Crippen LogP contribution is 2.37. The second kappa shape index (κ2) is 5.72. The third kappa shape index (κ3) is 2.63. The standard InChI is InChI=1S/C14H19ClN2S/c15-11-7-8-14-13(9-11)17(10-16-18-14)12-5-3-1-2-4-6-12/h7-9,12,16H,1-6,10H2. The van der Waals surface area contributed by atoms with Crippen LogP contribution < -0.4 is 9.62 Å². The predicted octanol–water partition coefficient (Wildman–Crippen LogP) is 4.44. The summed E-state index contributed by atoms with van der Waals surface area (Å²) in [4.78, 5) is 3.82. The van der Waals surface area contributed by atoms with E-state index in [1.807, 2.05) is 6.07 Å². The number of rotatable bonds is 1. The molecule has 0 bridgehead atoms. The Labute approximate surface area is 118 Å². The van der Waals surface area contributed by atoms with Crippen LogP contribution in [-0.2, 0) is 0 Å². The lowest BCUT2D eigenvalue weighted by atomic mass is 10.1. The Morgan fingerprint density at radius 3 is 2.72 bits per heavy atom. The van der Waals surface area contributed by atoms with Crippen molar-refractivity contribution in [2.24, 2.45) is 0 Å². The fourth-order valence-electron chi connectivity index (χ4n) is 2.96. The minimum Gasteiger partial charge on any atom is -0.354 e. The quantitative estimate of drug-likeness (QED) is 0.606. The summed E-state index contributed by atoms with van der Waals surface area (Å²) in [7, 11) is 0. The van der Waals surface area contributed by atoms with E-state index in [0.717, 1.165) is 11.7 Å². The normalized spacial score (nSPS) is 21.5. The van der Waals surface area contributed by atoms with Crippen molar-refractivity contribution in [3.63, 3.8) is 0 Å². The Kier molecular flexibility index (Phi) is 4.02. The van der Waals surface area contributed by atoms with E-state index >= 15 is 0 Å². The van der Waals surface area contributed by atoms with Gasteiger partial charge in [-0.2, -0.15) is 0 Å². The lowest BCUT2D eigenvalue weighted by Gasteiger charge is -2.37. The molecular weight excluding hydrogens is 264 g/mol. The monoisotopic (exact) mass is 282 g/mol. The van der Waals surface area contributed by atoms with Gasteiger partial charge < -0.3 is 4.90 Å². The van der Waals surface area contributed by atoms with Crippen LogP contribution in [0.5, 0.6) is 0 Å². The summed E-state index contributed by atoms with van der Waals surface area (Å²) in [5.41, 5.74) is 1.32. The zero-order valence-corrected chi connectivity index (χ0v) is 12.1. The average molecular weight is 283 g/mol. The first kappa shape index (κ1) is 12.6. The molecule has 2 nitrogen and oxygen atoms in total. The van der Waals surface area contributed by atoms with Crippen molar-refractivity contribution in [1.29, 1.82) is 0 Å². The molecular formula is C14H19ClN2S. The molecule has 4 heteroatoms. The molecule has 1 fully saturated rings. The fourth-order valence-corrected chi connectivity index (χ4v) is 3.90. The molecule has 1 aromatic rings. The maximum Gasteiger partial charge on any atom is 0.0781 e. The molecule has 1 saturated carbocycles. The van der Waals surface area contributed by atoms with Gasteiger partial charge in [-0.15, -0.1) is 0 Å². The Morgan fingerprint density at radius 1 is 1.17 bits per heavy atom. The molecule has 98 valence electrons. The van der Waals surface area contributed by atoms with Crippen molar-refractivity contribution in [3.05, 3.63) is 23.2 Å². The summed E-state index contributed by atoms with van der Waals surface area (Å²) >= 11 is 7.88. The highest BCUT2D eigenvalue weighted by Gasteiger charge is 2.25. The predicted molar refractivity (Wildman–Crippen MR) is 79.3 cm³/mol. The van der Waals surface area contributed by atoms with Gasteiger partial charge in [-0.25, -0.2) is 4.72 Å². The fraction of sp³-hybridized carbons (Fsp3) is 0.571. The molecule has 1 aliphatic carbocycles. The molecule has 0 amide bonds. The smallest absolute Gasteiger partial charge is 0.0781 e. The Bertz CT molecular complexity index is 416. The SMILES string of the molecule is Clc1ccc2c(c1)N(C1CCCCCC1)CNS2. The summed E-state index contributed by atoms with van der Waals surface area (Å²) in [6.07, 6.45) is 8.16. The Hall–Kier alpha value is -0.380. The van der Waals surface area contributed by atoms with E-state index in [0.29, 0.717) is 6.04 Å². The largest absolute Gasteiger partial charge is 0.354 e. The summed E-state index contributed by atoms with van der Waals surface area (Å²) in [5, 5.41) is 0.842. The molecule has 3 rings (SSSR count). The molecule has 2 aliphatic rings. The minimum absolute atomic E-state index is 0.679. The number of halogens is 1. The highest BCUT2D eigenvalue weighted by molar-refractivity contribution is 7.97. The Balaban J connectivity index is 1.87. The minimum atomic E-state index is 0.679. The number of fused-ring (bicyclic) bond motifs is 1. The number of benzene rings is 1. The Morgan fingerprint density at radius 2 is 1.94 bits per heavy atom. The van der Waals surface area contributed by atoms with Crippen LogP contribution in [0.15, 0.2) is 23.1 Å². The van der Waals surface area contributed by atoms with Gasteiger partial charge in [0, 0.05) is 16.0 Å². The number of nitrogens with one attached hydrogen (secondary N) is 1. The first-order chi connectivity index (χ1) is 8.84. The van der Waals surface area contributed by atoms with E-state index in [4.69, 9.17) is 11.6 Å². The molecule has 1 aromatic carbocycles. The number of anilines is 1. The lowest BCUT2D eigenvalue weighted by Crippen LogP contribution is -2.42. The van der Waals surface area contributed by atoms with E-state index in [1.54, 1.807) is 11.9 Å². The van der Waals surface area contributed by atoms with Crippen molar-refractivity contribution in [2.45, 2.75) is 49.5 Å². The van der Waals surface area contributed by atoms with Gasteiger partial charge in [0.05, 0.1) is 12.4 Å². The number of nitrogens with zero attached hydrogens (tertiary/aromatic N) is 1. The van der Waals surface area contributed by atoms with Crippen LogP contribution in [0.25, 0.3) is 0 Å². The number of hydrogen-bond donors (Lipinski definition) is 1. The van der Waals surface area contributed by atoms with Gasteiger partial charge in [0.15, 0.2) is 0 Å². The van der Waals surface area contributed by atoms with Crippen molar-refractivity contribution in [2.75, 3.05) is 11.6 Å². The van der Waals surface area contributed by atoms with Crippen LogP contribution in [0.4, 0.5) is 5.69 Å². The van der Waals surface area contributed by atoms with Crippen LogP contribution in [0.1, 0.15) is 38.5 Å². The van der Waals surface area contributed by atoms with Crippen LogP contribution in [0.3, 0.4) is 0 Å². The summed E-state index contributed by atoms with van der Waals surface area (Å²) in [6, 6.07) is 6.90. The molecule has 0 aromatic heterocycles. The molecule has 0 spiro atoms. The summed E-state index contributed by atoms with van der Waals surface area (Å²) < 4.78 is 3.43. The van der Waals surface area contributed by atoms with Gasteiger partial charge in [0.1, 0.15) is 0 Å². The van der Waals surface area contributed by atoms with Gasteiger partial charge >= 0.3 is 0 Å². The molecule has 0 atom stereocenters. The molecule has 0 unspecified atom stereocenters. The molecule has 18 heavy (non-hydrogen) atoms. The molecule has 1 aliphatic heterocycles. The molecule has 1 N–H and O–H groups in total. The topological polar surface area (TPSA) is 15.3 Å². The zero-order chi connectivity index (χ0) is 12.4. The molecule has 1 heterocycles. The van der Waals surface area contributed by atoms with Crippen LogP contribution in [0.2, 0.25) is 5.02 Å². The van der Waals surface area contributed by atoms with Crippen LogP contribution >= 0.6 is 23.5 Å². The van der Waals surface area contributed by atoms with Gasteiger partial charge in [0.2, 0.25) is 0 Å². The summed E-state index contributed by atoms with van der Waals surface area (Å²) in [5.74, 6) is 0. The third-order valence-corrected chi connectivity index (χ3v) is 4.99.